The molecule has 0 aromatic heterocycles. The van der Waals surface area contributed by atoms with E-state index in [0.29, 0.717) is 24.3 Å². The maximum absolute atomic E-state index is 13.0. The zero-order valence-corrected chi connectivity index (χ0v) is 17.2. The Kier molecular flexibility index (Phi) is 7.00. The normalized spacial score (nSPS) is 16.8. The van der Waals surface area contributed by atoms with Crippen molar-refractivity contribution in [1.29, 1.82) is 0 Å². The average Bonchev–Trinajstić information content (AvgIpc) is 2.61. The van der Waals surface area contributed by atoms with Gasteiger partial charge in [-0.3, -0.25) is 9.59 Å². The molecule has 1 aromatic rings. The molecule has 1 fully saturated rings. The topological polar surface area (TPSA) is 95.6 Å². The summed E-state index contributed by atoms with van der Waals surface area (Å²) in [5.41, 5.74) is 1.04. The zero-order valence-electron chi connectivity index (χ0n) is 16.4. The van der Waals surface area contributed by atoms with E-state index >= 15 is 0 Å². The summed E-state index contributed by atoms with van der Waals surface area (Å²) in [7, 11) is -3.59. The second-order valence-electron chi connectivity index (χ2n) is 7.36. The second kappa shape index (κ2) is 8.84. The van der Waals surface area contributed by atoms with Gasteiger partial charge in [0.05, 0.1) is 4.90 Å². The summed E-state index contributed by atoms with van der Waals surface area (Å²) >= 11 is 0. The number of piperidine rings is 1. The van der Waals surface area contributed by atoms with Crippen LogP contribution in [0, 0.1) is 12.8 Å². The molecule has 1 heterocycles. The summed E-state index contributed by atoms with van der Waals surface area (Å²) in [5, 5.41) is 5.36. The molecule has 0 bridgehead atoms. The van der Waals surface area contributed by atoms with E-state index in [0.717, 1.165) is 19.3 Å². The van der Waals surface area contributed by atoms with Crippen molar-refractivity contribution in [2.75, 3.05) is 18.4 Å². The highest BCUT2D eigenvalue weighted by molar-refractivity contribution is 7.89. The van der Waals surface area contributed by atoms with Crippen LogP contribution in [0.5, 0.6) is 0 Å². The van der Waals surface area contributed by atoms with Crippen LogP contribution in [0.4, 0.5) is 5.69 Å². The number of hydrogen-bond acceptors (Lipinski definition) is 4. The van der Waals surface area contributed by atoms with Crippen molar-refractivity contribution in [2.24, 2.45) is 5.92 Å². The third-order valence-electron chi connectivity index (χ3n) is 4.70. The van der Waals surface area contributed by atoms with E-state index < -0.39 is 16.1 Å². The molecule has 0 spiro atoms. The number of aryl methyl sites for hydroxylation is 1. The van der Waals surface area contributed by atoms with Crippen molar-refractivity contribution in [3.05, 3.63) is 23.8 Å². The van der Waals surface area contributed by atoms with Crippen LogP contribution in [0.15, 0.2) is 23.1 Å². The van der Waals surface area contributed by atoms with E-state index in [9.17, 15) is 18.0 Å². The predicted molar refractivity (Wildman–Crippen MR) is 105 cm³/mol. The minimum atomic E-state index is -3.59. The number of sulfonamides is 1. The molecule has 1 aromatic carbocycles. The fourth-order valence-corrected chi connectivity index (χ4v) is 4.94. The third-order valence-corrected chi connectivity index (χ3v) is 6.74. The van der Waals surface area contributed by atoms with Gasteiger partial charge in [-0.1, -0.05) is 26.3 Å². The molecular formula is C19H29N3O4S. The van der Waals surface area contributed by atoms with Crippen LogP contribution in [0.2, 0.25) is 0 Å². The lowest BCUT2D eigenvalue weighted by Crippen LogP contribution is -2.46. The largest absolute Gasteiger partial charge is 0.344 e. The SMILES string of the molecule is CC(=O)NC(C(=O)Nc1ccc(C)c(S(=O)(=O)N2CCCCC2)c1)C(C)C. The van der Waals surface area contributed by atoms with Crippen LogP contribution in [-0.2, 0) is 19.6 Å². The number of nitrogens with zero attached hydrogens (tertiary/aromatic N) is 1. The molecular weight excluding hydrogens is 366 g/mol. The molecule has 7 nitrogen and oxygen atoms in total. The highest BCUT2D eigenvalue weighted by Gasteiger charge is 2.28. The van der Waals surface area contributed by atoms with E-state index in [4.69, 9.17) is 0 Å². The Morgan fingerprint density at radius 2 is 1.74 bits per heavy atom. The lowest BCUT2D eigenvalue weighted by molar-refractivity contribution is -0.126. The molecule has 1 aliphatic rings. The Morgan fingerprint density at radius 1 is 1.11 bits per heavy atom. The van der Waals surface area contributed by atoms with Crippen LogP contribution in [0.25, 0.3) is 0 Å². The number of hydrogen-bond donors (Lipinski definition) is 2. The Balaban J connectivity index is 2.26. The molecule has 1 saturated heterocycles. The lowest BCUT2D eigenvalue weighted by Gasteiger charge is -2.27. The van der Waals surface area contributed by atoms with Gasteiger partial charge in [-0.2, -0.15) is 4.31 Å². The molecule has 2 amide bonds. The maximum Gasteiger partial charge on any atom is 0.247 e. The van der Waals surface area contributed by atoms with Gasteiger partial charge in [-0.25, -0.2) is 8.42 Å². The van der Waals surface area contributed by atoms with Crippen molar-refractivity contribution in [3.8, 4) is 0 Å². The molecule has 150 valence electrons. The van der Waals surface area contributed by atoms with Gasteiger partial charge >= 0.3 is 0 Å². The first kappa shape index (κ1) is 21.4. The fourth-order valence-electron chi connectivity index (χ4n) is 3.17. The van der Waals surface area contributed by atoms with E-state index in [1.165, 1.54) is 17.3 Å². The van der Waals surface area contributed by atoms with Gasteiger partial charge in [-0.15, -0.1) is 0 Å². The first-order valence-electron chi connectivity index (χ1n) is 9.31. The number of benzene rings is 1. The molecule has 8 heteroatoms. The van der Waals surface area contributed by atoms with Crippen LogP contribution >= 0.6 is 0 Å². The van der Waals surface area contributed by atoms with E-state index in [2.05, 4.69) is 10.6 Å². The van der Waals surface area contributed by atoms with Gasteiger partial charge in [0, 0.05) is 25.7 Å². The molecule has 0 saturated carbocycles. The smallest absolute Gasteiger partial charge is 0.247 e. The second-order valence-corrected chi connectivity index (χ2v) is 9.26. The van der Waals surface area contributed by atoms with Gasteiger partial charge in [0.25, 0.3) is 0 Å². The fraction of sp³-hybridized carbons (Fsp3) is 0.579. The Morgan fingerprint density at radius 3 is 2.30 bits per heavy atom. The number of amides is 2. The first-order valence-corrected chi connectivity index (χ1v) is 10.8. The van der Waals surface area contributed by atoms with Crippen molar-refractivity contribution < 1.29 is 18.0 Å². The predicted octanol–water partition coefficient (Wildman–Crippen LogP) is 2.27. The lowest BCUT2D eigenvalue weighted by atomic mass is 10.0. The van der Waals surface area contributed by atoms with Crippen LogP contribution in [0.3, 0.4) is 0 Å². The molecule has 2 N–H and O–H groups in total. The maximum atomic E-state index is 13.0. The van der Waals surface area contributed by atoms with Crippen molar-refractivity contribution in [1.82, 2.24) is 9.62 Å². The van der Waals surface area contributed by atoms with Crippen LogP contribution in [0.1, 0.15) is 45.6 Å². The highest BCUT2D eigenvalue weighted by Crippen LogP contribution is 2.26. The van der Waals surface area contributed by atoms with Gasteiger partial charge in [0.2, 0.25) is 21.8 Å². The molecule has 1 atom stereocenters. The van der Waals surface area contributed by atoms with Gasteiger partial charge < -0.3 is 10.6 Å². The molecule has 27 heavy (non-hydrogen) atoms. The Labute approximate surface area is 161 Å². The van der Waals surface area contributed by atoms with E-state index in [1.807, 2.05) is 13.8 Å². The minimum Gasteiger partial charge on any atom is -0.344 e. The number of carbonyl (C=O) groups is 2. The quantitative estimate of drug-likeness (QED) is 0.772. The van der Waals surface area contributed by atoms with E-state index in [1.54, 1.807) is 19.1 Å². The van der Waals surface area contributed by atoms with Crippen LogP contribution < -0.4 is 10.6 Å². The van der Waals surface area contributed by atoms with Gasteiger partial charge in [0.15, 0.2) is 0 Å². The summed E-state index contributed by atoms with van der Waals surface area (Å²) in [6.45, 7) is 7.82. The van der Waals surface area contributed by atoms with Gasteiger partial charge in [0.1, 0.15) is 6.04 Å². The summed E-state index contributed by atoms with van der Waals surface area (Å²) in [6, 6.07) is 4.18. The standard InChI is InChI=1S/C19H29N3O4S/c1-13(2)18(20-15(4)23)19(24)21-16-9-8-14(3)17(12-16)27(25,26)22-10-6-5-7-11-22/h8-9,12-13,18H,5-7,10-11H2,1-4H3,(H,20,23)(H,21,24). The summed E-state index contributed by atoms with van der Waals surface area (Å²) in [6.07, 6.45) is 2.77. The Hall–Kier alpha value is -1.93. The summed E-state index contributed by atoms with van der Waals surface area (Å²) in [5.74, 6) is -0.762. The third kappa shape index (κ3) is 5.29. The number of anilines is 1. The molecule has 1 aliphatic heterocycles. The van der Waals surface area contributed by atoms with Crippen molar-refractivity contribution >= 4 is 27.5 Å². The summed E-state index contributed by atoms with van der Waals surface area (Å²) in [4.78, 5) is 24.1. The molecule has 0 aliphatic carbocycles. The Bertz CT molecular complexity index is 799. The molecule has 1 unspecified atom stereocenters. The monoisotopic (exact) mass is 395 g/mol. The number of nitrogens with one attached hydrogen (secondary N) is 2. The average molecular weight is 396 g/mol. The molecule has 2 rings (SSSR count). The zero-order chi connectivity index (χ0) is 20.2. The number of rotatable bonds is 6. The summed E-state index contributed by atoms with van der Waals surface area (Å²) < 4.78 is 27.5. The van der Waals surface area contributed by atoms with Crippen LogP contribution in [-0.4, -0.2) is 43.7 Å². The van der Waals surface area contributed by atoms with Gasteiger partial charge in [-0.05, 0) is 43.4 Å². The highest BCUT2D eigenvalue weighted by atomic mass is 32.2. The van der Waals surface area contributed by atoms with E-state index in [-0.39, 0.29) is 22.6 Å². The van der Waals surface area contributed by atoms with Crippen molar-refractivity contribution in [3.63, 3.8) is 0 Å². The molecule has 0 radical (unpaired) electrons. The van der Waals surface area contributed by atoms with Crippen molar-refractivity contribution in [2.45, 2.75) is 57.9 Å². The first-order chi connectivity index (χ1) is 12.6. The number of carbonyl (C=O) groups excluding carboxylic acids is 2. The minimum absolute atomic E-state index is 0.101.